The van der Waals surface area contributed by atoms with Crippen molar-refractivity contribution in [2.75, 3.05) is 32.1 Å². The lowest BCUT2D eigenvalue weighted by atomic mass is 9.82. The molecule has 130 valence electrons. The van der Waals surface area contributed by atoms with E-state index in [0.29, 0.717) is 6.04 Å². The van der Waals surface area contributed by atoms with Crippen LogP contribution >= 0.6 is 0 Å². The number of carbonyl (C=O) groups excluding carboxylic acids is 1. The molecule has 1 N–H and O–H groups in total. The smallest absolute Gasteiger partial charge is 0.376 e. The Balaban J connectivity index is 1.83. The molecule has 2 aliphatic heterocycles. The molecule has 3 rings (SSSR count). The molecule has 1 fully saturated rings. The van der Waals surface area contributed by atoms with Gasteiger partial charge in [-0.15, -0.1) is 0 Å². The summed E-state index contributed by atoms with van der Waals surface area (Å²) in [5.74, 6) is -0.00773. The number of fused-ring (bicyclic) bond motifs is 1. The van der Waals surface area contributed by atoms with Crippen LogP contribution in [0.25, 0.3) is 0 Å². The van der Waals surface area contributed by atoms with Gasteiger partial charge in [-0.3, -0.25) is 9.63 Å². The number of hydrogen-bond acceptors (Lipinski definition) is 5. The molecule has 1 amide bonds. The van der Waals surface area contributed by atoms with Gasteiger partial charge in [-0.25, -0.2) is 5.06 Å². The van der Waals surface area contributed by atoms with Gasteiger partial charge in [-0.05, 0) is 44.4 Å². The van der Waals surface area contributed by atoms with Crippen molar-refractivity contribution in [3.05, 3.63) is 29.8 Å². The first-order chi connectivity index (χ1) is 11.5. The highest BCUT2D eigenvalue weighted by Gasteiger charge is 2.41. The van der Waals surface area contributed by atoms with Gasteiger partial charge >= 0.3 is 7.05 Å². The number of anilines is 1. The number of hydrogen-bond donors (Lipinski definition) is 1. The maximum Gasteiger partial charge on any atom is 0.376 e. The fourth-order valence-electron chi connectivity index (χ4n) is 3.90. The highest BCUT2D eigenvalue weighted by atomic mass is 16.7. The van der Waals surface area contributed by atoms with E-state index in [1.54, 1.807) is 7.05 Å². The second kappa shape index (κ2) is 7.13. The van der Waals surface area contributed by atoms with E-state index in [1.807, 2.05) is 19.0 Å². The standard InChI is InChI=1S/C17H26BN3O3/c1-18(23)20-10-8-14(9-11-20)21-15-7-5-4-6-13(15)12-16(21)17(22)19(2)24-3/h4-7,14,16,23H,8-12H2,1-3H3. The van der Waals surface area contributed by atoms with E-state index in [2.05, 4.69) is 21.8 Å². The molecule has 1 saturated heterocycles. The van der Waals surface area contributed by atoms with Crippen LogP contribution in [0.2, 0.25) is 6.82 Å². The molecule has 0 saturated carbocycles. The minimum atomic E-state index is -0.408. The van der Waals surface area contributed by atoms with Crippen molar-refractivity contribution in [1.82, 2.24) is 9.87 Å². The minimum absolute atomic E-state index is 0.00773. The lowest BCUT2D eigenvalue weighted by Crippen LogP contribution is -2.54. The van der Waals surface area contributed by atoms with E-state index >= 15 is 0 Å². The molecule has 24 heavy (non-hydrogen) atoms. The molecular weight excluding hydrogens is 305 g/mol. The molecule has 1 aromatic carbocycles. The van der Waals surface area contributed by atoms with Crippen LogP contribution in [0.5, 0.6) is 0 Å². The summed E-state index contributed by atoms with van der Waals surface area (Å²) in [5, 5.41) is 11.1. The molecule has 0 radical (unpaired) electrons. The molecule has 0 aliphatic carbocycles. The monoisotopic (exact) mass is 331 g/mol. The van der Waals surface area contributed by atoms with Crippen molar-refractivity contribution in [3.8, 4) is 0 Å². The number of amides is 1. The van der Waals surface area contributed by atoms with Crippen LogP contribution in [0.4, 0.5) is 5.69 Å². The quantitative estimate of drug-likeness (QED) is 0.659. The Kier molecular flexibility index (Phi) is 5.13. The molecule has 0 spiro atoms. The third-order valence-corrected chi connectivity index (χ3v) is 5.31. The number of likely N-dealkylation sites (N-methyl/N-ethyl adjacent to an activating group) is 1. The van der Waals surface area contributed by atoms with E-state index in [9.17, 15) is 9.82 Å². The highest BCUT2D eigenvalue weighted by molar-refractivity contribution is 6.45. The number of carbonyl (C=O) groups is 1. The number of benzene rings is 1. The maximum atomic E-state index is 12.8. The van der Waals surface area contributed by atoms with E-state index in [4.69, 9.17) is 4.84 Å². The first-order valence-corrected chi connectivity index (χ1v) is 8.63. The Labute approximate surface area is 144 Å². The molecule has 7 heteroatoms. The van der Waals surface area contributed by atoms with Gasteiger partial charge in [-0.2, -0.15) is 0 Å². The Morgan fingerprint density at radius 2 is 2.00 bits per heavy atom. The zero-order valence-electron chi connectivity index (χ0n) is 14.7. The zero-order valence-corrected chi connectivity index (χ0v) is 14.7. The minimum Gasteiger partial charge on any atom is -0.437 e. The average molecular weight is 331 g/mol. The van der Waals surface area contributed by atoms with E-state index < -0.39 is 7.05 Å². The number of hydroxylamine groups is 2. The van der Waals surface area contributed by atoms with E-state index in [-0.39, 0.29) is 11.9 Å². The summed E-state index contributed by atoms with van der Waals surface area (Å²) in [6, 6.07) is 8.37. The Hall–Kier alpha value is -1.57. The van der Waals surface area contributed by atoms with Gasteiger partial charge in [-0.1, -0.05) is 18.2 Å². The van der Waals surface area contributed by atoms with Crippen LogP contribution < -0.4 is 4.90 Å². The normalized spacial score (nSPS) is 21.7. The predicted octanol–water partition coefficient (Wildman–Crippen LogP) is 1.01. The highest BCUT2D eigenvalue weighted by Crippen LogP contribution is 2.37. The first kappa shape index (κ1) is 17.3. The van der Waals surface area contributed by atoms with E-state index in [1.165, 1.54) is 17.7 Å². The summed E-state index contributed by atoms with van der Waals surface area (Å²) in [7, 11) is 2.78. The van der Waals surface area contributed by atoms with Crippen molar-refractivity contribution in [1.29, 1.82) is 0 Å². The molecule has 2 aliphatic rings. The molecular formula is C17H26BN3O3. The Morgan fingerprint density at radius 1 is 1.33 bits per heavy atom. The van der Waals surface area contributed by atoms with Crippen LogP contribution in [0.15, 0.2) is 24.3 Å². The summed E-state index contributed by atoms with van der Waals surface area (Å²) < 4.78 is 0. The van der Waals surface area contributed by atoms with Crippen molar-refractivity contribution in [2.24, 2.45) is 0 Å². The second-order valence-corrected chi connectivity index (χ2v) is 6.67. The lowest BCUT2D eigenvalue weighted by molar-refractivity contribution is -0.170. The lowest BCUT2D eigenvalue weighted by Gasteiger charge is -2.41. The zero-order chi connectivity index (χ0) is 17.3. The number of nitrogens with zero attached hydrogens (tertiary/aromatic N) is 3. The molecule has 1 atom stereocenters. The van der Waals surface area contributed by atoms with Crippen molar-refractivity contribution >= 4 is 18.6 Å². The number of para-hydroxylation sites is 1. The van der Waals surface area contributed by atoms with Crippen molar-refractivity contribution in [2.45, 2.75) is 38.2 Å². The predicted molar refractivity (Wildman–Crippen MR) is 94.6 cm³/mol. The Bertz CT molecular complexity index is 590. The summed E-state index contributed by atoms with van der Waals surface area (Å²) in [4.78, 5) is 22.3. The SMILES string of the molecule is CON(C)C(=O)C1Cc2ccccc2N1C1CCN(B(C)O)CC1. The Morgan fingerprint density at radius 3 is 2.62 bits per heavy atom. The van der Waals surface area contributed by atoms with Gasteiger partial charge in [0.15, 0.2) is 0 Å². The van der Waals surface area contributed by atoms with Gasteiger partial charge in [0.05, 0.1) is 7.11 Å². The molecule has 0 aromatic heterocycles. The van der Waals surface area contributed by atoms with Crippen LogP contribution in [-0.4, -0.2) is 67.2 Å². The largest absolute Gasteiger partial charge is 0.437 e. The van der Waals surface area contributed by atoms with Crippen LogP contribution in [0.3, 0.4) is 0 Å². The summed E-state index contributed by atoms with van der Waals surface area (Å²) in [6.45, 7) is 3.51. The molecule has 6 nitrogen and oxygen atoms in total. The van der Waals surface area contributed by atoms with E-state index in [0.717, 1.165) is 38.0 Å². The molecule has 0 bridgehead atoms. The first-order valence-electron chi connectivity index (χ1n) is 8.63. The molecule has 1 aromatic rings. The van der Waals surface area contributed by atoms with Gasteiger partial charge < -0.3 is 14.7 Å². The van der Waals surface area contributed by atoms with Crippen LogP contribution in [-0.2, 0) is 16.1 Å². The van der Waals surface area contributed by atoms with Crippen LogP contribution in [0, 0.1) is 0 Å². The summed E-state index contributed by atoms with van der Waals surface area (Å²) in [5.41, 5.74) is 2.38. The third-order valence-electron chi connectivity index (χ3n) is 5.31. The fourth-order valence-corrected chi connectivity index (χ4v) is 3.90. The third kappa shape index (κ3) is 3.16. The van der Waals surface area contributed by atoms with Crippen LogP contribution in [0.1, 0.15) is 18.4 Å². The number of rotatable bonds is 4. The van der Waals surface area contributed by atoms with Crippen molar-refractivity contribution < 1.29 is 14.7 Å². The van der Waals surface area contributed by atoms with Gasteiger partial charge in [0.2, 0.25) is 0 Å². The average Bonchev–Trinajstić information content (AvgIpc) is 2.99. The topological polar surface area (TPSA) is 56.2 Å². The van der Waals surface area contributed by atoms with Gasteiger partial charge in [0.1, 0.15) is 6.04 Å². The summed E-state index contributed by atoms with van der Waals surface area (Å²) >= 11 is 0. The second-order valence-electron chi connectivity index (χ2n) is 6.67. The van der Waals surface area contributed by atoms with Gasteiger partial charge in [0, 0.05) is 25.2 Å². The van der Waals surface area contributed by atoms with Gasteiger partial charge in [0.25, 0.3) is 5.91 Å². The fraction of sp³-hybridized carbons (Fsp3) is 0.588. The van der Waals surface area contributed by atoms with Crippen molar-refractivity contribution in [3.63, 3.8) is 0 Å². The maximum absolute atomic E-state index is 12.8. The molecule has 2 heterocycles. The number of piperidine rings is 1. The molecule has 1 unspecified atom stereocenters. The summed E-state index contributed by atoms with van der Waals surface area (Å²) in [6.07, 6.45) is 2.61.